The average molecular weight is 267 g/mol. The molecule has 0 aliphatic heterocycles. The van der Waals surface area contributed by atoms with Gasteiger partial charge in [-0.3, -0.25) is 0 Å². The van der Waals surface area contributed by atoms with Crippen LogP contribution in [-0.2, 0) is 4.74 Å². The summed E-state index contributed by atoms with van der Waals surface area (Å²) in [6.45, 7) is 5.36. The Labute approximate surface area is 115 Å². The highest BCUT2D eigenvalue weighted by Gasteiger charge is 2.06. The van der Waals surface area contributed by atoms with Gasteiger partial charge in [-0.25, -0.2) is 9.97 Å². The van der Waals surface area contributed by atoms with Crippen molar-refractivity contribution in [1.82, 2.24) is 15.3 Å². The maximum atomic E-state index is 5.02. The third kappa shape index (κ3) is 5.85. The van der Waals surface area contributed by atoms with Crippen molar-refractivity contribution < 1.29 is 4.74 Å². The molecular formula is C13H25N5O. The van der Waals surface area contributed by atoms with Gasteiger partial charge in [-0.1, -0.05) is 0 Å². The van der Waals surface area contributed by atoms with Crippen LogP contribution in [0.15, 0.2) is 6.07 Å². The zero-order chi connectivity index (χ0) is 14.1. The number of rotatable bonds is 9. The van der Waals surface area contributed by atoms with Gasteiger partial charge in [0.15, 0.2) is 0 Å². The normalized spacial score (nSPS) is 10.5. The lowest BCUT2D eigenvalue weighted by atomic mass is 10.4. The summed E-state index contributed by atoms with van der Waals surface area (Å²) in [6, 6.07) is 1.98. The maximum Gasteiger partial charge on any atom is 0.134 e. The third-order valence-electron chi connectivity index (χ3n) is 2.74. The van der Waals surface area contributed by atoms with E-state index in [9.17, 15) is 0 Å². The second-order valence-electron chi connectivity index (χ2n) is 4.46. The number of methoxy groups -OCH3 is 1. The second-order valence-corrected chi connectivity index (χ2v) is 4.46. The molecule has 1 heterocycles. The predicted molar refractivity (Wildman–Crippen MR) is 78.9 cm³/mol. The van der Waals surface area contributed by atoms with E-state index in [1.54, 1.807) is 7.11 Å². The third-order valence-corrected chi connectivity index (χ3v) is 2.74. The lowest BCUT2D eigenvalue weighted by molar-refractivity contribution is 0.198. The van der Waals surface area contributed by atoms with Crippen molar-refractivity contribution in [2.75, 3.05) is 57.7 Å². The van der Waals surface area contributed by atoms with Gasteiger partial charge < -0.3 is 20.3 Å². The molecular weight excluding hydrogens is 242 g/mol. The number of hydrogen-bond donors (Lipinski definition) is 2. The number of hydrogen-bond acceptors (Lipinski definition) is 6. The van der Waals surface area contributed by atoms with Crippen molar-refractivity contribution in [1.29, 1.82) is 0 Å². The molecule has 0 bridgehead atoms. The summed E-state index contributed by atoms with van der Waals surface area (Å²) in [5.41, 5.74) is 0. The Morgan fingerprint density at radius 1 is 1.32 bits per heavy atom. The molecule has 19 heavy (non-hydrogen) atoms. The minimum atomic E-state index is 0.756. The summed E-state index contributed by atoms with van der Waals surface area (Å²) in [7, 11) is 5.69. The molecule has 0 unspecified atom stereocenters. The average Bonchev–Trinajstić information content (AvgIpc) is 2.40. The van der Waals surface area contributed by atoms with Gasteiger partial charge in [-0.05, 0) is 20.4 Å². The van der Waals surface area contributed by atoms with Gasteiger partial charge in [-0.2, -0.15) is 0 Å². The first-order valence-electron chi connectivity index (χ1n) is 6.61. The molecule has 1 aromatic rings. The quantitative estimate of drug-likeness (QED) is 0.648. The highest BCUT2D eigenvalue weighted by molar-refractivity contribution is 5.48. The molecule has 0 aromatic carbocycles. The van der Waals surface area contributed by atoms with Crippen LogP contribution in [-0.4, -0.2) is 57.4 Å². The van der Waals surface area contributed by atoms with Crippen LogP contribution in [0.2, 0.25) is 0 Å². The number of nitrogens with zero attached hydrogens (tertiary/aromatic N) is 3. The van der Waals surface area contributed by atoms with Crippen molar-refractivity contribution in [3.05, 3.63) is 11.9 Å². The van der Waals surface area contributed by atoms with E-state index in [1.807, 2.05) is 27.1 Å². The van der Waals surface area contributed by atoms with E-state index in [0.29, 0.717) is 0 Å². The minimum absolute atomic E-state index is 0.756. The predicted octanol–water partition coefficient (Wildman–Crippen LogP) is 0.889. The van der Waals surface area contributed by atoms with Crippen molar-refractivity contribution in [3.8, 4) is 0 Å². The molecule has 0 spiro atoms. The first-order chi connectivity index (χ1) is 9.17. The van der Waals surface area contributed by atoms with E-state index in [2.05, 4.69) is 25.5 Å². The van der Waals surface area contributed by atoms with Gasteiger partial charge in [0.25, 0.3) is 0 Å². The fourth-order valence-corrected chi connectivity index (χ4v) is 1.67. The standard InChI is InChI=1S/C13H25N5O/c1-11-16-12(15-6-5-9-19-4)10-13(17-11)18(3)8-7-14-2/h10,14H,5-9H2,1-4H3,(H,15,16,17). The molecule has 0 saturated heterocycles. The molecule has 6 nitrogen and oxygen atoms in total. The van der Waals surface area contributed by atoms with E-state index in [1.165, 1.54) is 0 Å². The number of nitrogens with one attached hydrogen (secondary N) is 2. The first-order valence-corrected chi connectivity index (χ1v) is 6.61. The smallest absolute Gasteiger partial charge is 0.134 e. The molecule has 0 aliphatic carbocycles. The van der Waals surface area contributed by atoms with Crippen LogP contribution < -0.4 is 15.5 Å². The van der Waals surface area contributed by atoms with Crippen LogP contribution in [0.4, 0.5) is 11.6 Å². The molecule has 0 atom stereocenters. The molecule has 6 heteroatoms. The Bertz CT molecular complexity index is 372. The Kier molecular flexibility index (Phi) is 7.14. The van der Waals surface area contributed by atoms with Gasteiger partial charge in [-0.15, -0.1) is 0 Å². The van der Waals surface area contributed by atoms with Crippen LogP contribution in [0.1, 0.15) is 12.2 Å². The van der Waals surface area contributed by atoms with Gasteiger partial charge in [0.2, 0.25) is 0 Å². The molecule has 0 amide bonds. The molecule has 0 saturated carbocycles. The summed E-state index contributed by atoms with van der Waals surface area (Å²) in [4.78, 5) is 11.0. The molecule has 0 aliphatic rings. The van der Waals surface area contributed by atoms with Crippen LogP contribution in [0.25, 0.3) is 0 Å². The number of ether oxygens (including phenoxy) is 1. The van der Waals surface area contributed by atoms with E-state index in [-0.39, 0.29) is 0 Å². The van der Waals surface area contributed by atoms with Crippen LogP contribution in [0.5, 0.6) is 0 Å². The van der Waals surface area contributed by atoms with Crippen molar-refractivity contribution in [3.63, 3.8) is 0 Å². The second kappa shape index (κ2) is 8.66. The van der Waals surface area contributed by atoms with Crippen LogP contribution >= 0.6 is 0 Å². The number of aromatic nitrogens is 2. The van der Waals surface area contributed by atoms with Crippen molar-refractivity contribution in [2.45, 2.75) is 13.3 Å². The summed E-state index contributed by atoms with van der Waals surface area (Å²) in [5, 5.41) is 6.43. The van der Waals surface area contributed by atoms with Crippen molar-refractivity contribution >= 4 is 11.6 Å². The SMILES string of the molecule is CNCCN(C)c1cc(NCCCOC)nc(C)n1. The van der Waals surface area contributed by atoms with Gasteiger partial charge >= 0.3 is 0 Å². The lowest BCUT2D eigenvalue weighted by Gasteiger charge is -2.19. The number of aryl methyl sites for hydroxylation is 1. The number of anilines is 2. The maximum absolute atomic E-state index is 5.02. The minimum Gasteiger partial charge on any atom is -0.385 e. The summed E-state index contributed by atoms with van der Waals surface area (Å²) in [5.74, 6) is 2.59. The highest BCUT2D eigenvalue weighted by atomic mass is 16.5. The van der Waals surface area contributed by atoms with E-state index in [0.717, 1.165) is 50.1 Å². The molecule has 2 N–H and O–H groups in total. The fourth-order valence-electron chi connectivity index (χ4n) is 1.67. The van der Waals surface area contributed by atoms with Crippen molar-refractivity contribution in [2.24, 2.45) is 0 Å². The largest absolute Gasteiger partial charge is 0.385 e. The molecule has 1 rings (SSSR count). The summed E-state index contributed by atoms with van der Waals surface area (Å²) >= 11 is 0. The number of likely N-dealkylation sites (N-methyl/N-ethyl adjacent to an activating group) is 2. The zero-order valence-electron chi connectivity index (χ0n) is 12.4. The molecule has 0 radical (unpaired) electrons. The highest BCUT2D eigenvalue weighted by Crippen LogP contribution is 2.14. The first kappa shape index (κ1) is 15.7. The van der Waals surface area contributed by atoms with Gasteiger partial charge in [0.05, 0.1) is 0 Å². The van der Waals surface area contributed by atoms with E-state index < -0.39 is 0 Å². The zero-order valence-corrected chi connectivity index (χ0v) is 12.4. The monoisotopic (exact) mass is 267 g/mol. The van der Waals surface area contributed by atoms with Crippen LogP contribution in [0, 0.1) is 6.92 Å². The molecule has 0 fully saturated rings. The van der Waals surface area contributed by atoms with Gasteiger partial charge in [0, 0.05) is 46.5 Å². The Morgan fingerprint density at radius 2 is 2.11 bits per heavy atom. The van der Waals surface area contributed by atoms with Crippen LogP contribution in [0.3, 0.4) is 0 Å². The topological polar surface area (TPSA) is 62.3 Å². The fraction of sp³-hybridized carbons (Fsp3) is 0.692. The lowest BCUT2D eigenvalue weighted by Crippen LogP contribution is -2.28. The van der Waals surface area contributed by atoms with Gasteiger partial charge in [0.1, 0.15) is 17.5 Å². The Balaban J connectivity index is 2.60. The van der Waals surface area contributed by atoms with E-state index >= 15 is 0 Å². The summed E-state index contributed by atoms with van der Waals surface area (Å²) in [6.07, 6.45) is 0.963. The Hall–Kier alpha value is -1.40. The van der Waals surface area contributed by atoms with E-state index in [4.69, 9.17) is 4.74 Å². The molecule has 1 aromatic heterocycles. The molecule has 108 valence electrons. The Morgan fingerprint density at radius 3 is 2.79 bits per heavy atom. The summed E-state index contributed by atoms with van der Waals surface area (Å²) < 4.78 is 5.02.